The number of rotatable bonds is 3. The predicted molar refractivity (Wildman–Crippen MR) is 98.1 cm³/mol. The van der Waals surface area contributed by atoms with E-state index in [1.54, 1.807) is 7.11 Å². The summed E-state index contributed by atoms with van der Waals surface area (Å²) >= 11 is 1.43. The Balaban J connectivity index is 1.65. The zero-order valence-electron chi connectivity index (χ0n) is 12.9. The van der Waals surface area contributed by atoms with E-state index in [2.05, 4.69) is 10.3 Å². The summed E-state index contributed by atoms with van der Waals surface area (Å²) in [6.07, 6.45) is 0. The molecule has 3 aromatic carbocycles. The lowest BCUT2D eigenvalue weighted by molar-refractivity contribution is 0.102. The second-order valence-electron chi connectivity index (χ2n) is 5.34. The van der Waals surface area contributed by atoms with Crippen molar-refractivity contribution in [3.05, 3.63) is 66.2 Å². The quantitative estimate of drug-likeness (QED) is 0.590. The van der Waals surface area contributed by atoms with Gasteiger partial charge in [-0.1, -0.05) is 47.7 Å². The summed E-state index contributed by atoms with van der Waals surface area (Å²) in [5.74, 6) is 0.536. The number of thiazole rings is 1. The number of amides is 1. The first-order valence-corrected chi connectivity index (χ1v) is 8.30. The monoisotopic (exact) mass is 334 g/mol. The third-order valence-corrected chi connectivity index (χ3v) is 4.77. The molecule has 4 rings (SSSR count). The number of aromatic nitrogens is 1. The summed E-state index contributed by atoms with van der Waals surface area (Å²) < 4.78 is 6.29. The minimum atomic E-state index is -0.168. The van der Waals surface area contributed by atoms with Crippen LogP contribution in [-0.4, -0.2) is 18.0 Å². The molecule has 0 atom stereocenters. The number of nitrogens with zero attached hydrogens (tertiary/aromatic N) is 1. The van der Waals surface area contributed by atoms with E-state index >= 15 is 0 Å². The van der Waals surface area contributed by atoms with Crippen LogP contribution in [0.15, 0.2) is 60.7 Å². The number of nitrogens with one attached hydrogen (secondary N) is 1. The first-order chi connectivity index (χ1) is 11.7. The van der Waals surface area contributed by atoms with Gasteiger partial charge in [-0.3, -0.25) is 10.1 Å². The Hall–Kier alpha value is -2.92. The van der Waals surface area contributed by atoms with E-state index in [0.717, 1.165) is 21.0 Å². The lowest BCUT2D eigenvalue weighted by atomic mass is 10.1. The predicted octanol–water partition coefficient (Wildman–Crippen LogP) is 4.71. The largest absolute Gasteiger partial charge is 0.494 e. The highest BCUT2D eigenvalue weighted by Crippen LogP contribution is 2.32. The number of anilines is 1. The number of fused-ring (bicyclic) bond motifs is 2. The van der Waals surface area contributed by atoms with Gasteiger partial charge in [0.2, 0.25) is 0 Å². The molecule has 1 aromatic heterocycles. The molecule has 1 N–H and O–H groups in total. The van der Waals surface area contributed by atoms with Crippen molar-refractivity contribution < 1.29 is 9.53 Å². The van der Waals surface area contributed by atoms with Gasteiger partial charge in [0.15, 0.2) is 5.13 Å². The lowest BCUT2D eigenvalue weighted by Crippen LogP contribution is -2.11. The maximum atomic E-state index is 12.5. The summed E-state index contributed by atoms with van der Waals surface area (Å²) in [6.45, 7) is 0. The van der Waals surface area contributed by atoms with Gasteiger partial charge < -0.3 is 4.74 Å². The third kappa shape index (κ3) is 2.59. The van der Waals surface area contributed by atoms with Crippen molar-refractivity contribution in [2.75, 3.05) is 12.4 Å². The highest BCUT2D eigenvalue weighted by atomic mass is 32.1. The Morgan fingerprint density at radius 2 is 1.88 bits per heavy atom. The van der Waals surface area contributed by atoms with Crippen LogP contribution in [0.5, 0.6) is 5.75 Å². The standard InChI is InChI=1S/C19H14N2O2S/c1-23-15-7-4-8-16-17(15)20-19(24-16)21-18(22)14-10-9-12-5-2-3-6-13(12)11-14/h2-11H,1H3,(H,20,21,22). The van der Waals surface area contributed by atoms with Gasteiger partial charge in [0.05, 0.1) is 11.8 Å². The van der Waals surface area contributed by atoms with Crippen molar-refractivity contribution in [1.82, 2.24) is 4.98 Å². The highest BCUT2D eigenvalue weighted by Gasteiger charge is 2.12. The van der Waals surface area contributed by atoms with Gasteiger partial charge in [-0.25, -0.2) is 4.98 Å². The summed E-state index contributed by atoms with van der Waals surface area (Å²) in [5.41, 5.74) is 1.37. The molecule has 118 valence electrons. The van der Waals surface area contributed by atoms with Gasteiger partial charge in [0.25, 0.3) is 5.91 Å². The molecule has 0 aliphatic heterocycles. The van der Waals surface area contributed by atoms with Gasteiger partial charge in [-0.2, -0.15) is 0 Å². The van der Waals surface area contributed by atoms with Crippen molar-refractivity contribution in [2.24, 2.45) is 0 Å². The number of carbonyl (C=O) groups is 1. The molecular weight excluding hydrogens is 320 g/mol. The maximum absolute atomic E-state index is 12.5. The molecule has 0 saturated carbocycles. The molecule has 1 heterocycles. The van der Waals surface area contributed by atoms with Crippen molar-refractivity contribution in [2.45, 2.75) is 0 Å². The zero-order chi connectivity index (χ0) is 16.5. The fourth-order valence-electron chi connectivity index (χ4n) is 2.64. The molecule has 4 aromatic rings. The van der Waals surface area contributed by atoms with E-state index in [4.69, 9.17) is 4.74 Å². The lowest BCUT2D eigenvalue weighted by Gasteiger charge is -2.03. The van der Waals surface area contributed by atoms with Crippen molar-refractivity contribution >= 4 is 43.4 Å². The molecule has 0 saturated heterocycles. The molecular formula is C19H14N2O2S. The van der Waals surface area contributed by atoms with Gasteiger partial charge in [0.1, 0.15) is 11.3 Å². The first kappa shape index (κ1) is 14.7. The molecule has 4 nitrogen and oxygen atoms in total. The average molecular weight is 334 g/mol. The van der Waals surface area contributed by atoms with Crippen molar-refractivity contribution in [3.8, 4) is 5.75 Å². The molecule has 1 amide bonds. The first-order valence-electron chi connectivity index (χ1n) is 7.48. The molecule has 0 aliphatic rings. The minimum absolute atomic E-state index is 0.168. The fraction of sp³-hybridized carbons (Fsp3) is 0.0526. The number of para-hydroxylation sites is 1. The number of hydrogen-bond acceptors (Lipinski definition) is 4. The Bertz CT molecular complexity index is 1060. The van der Waals surface area contributed by atoms with E-state index in [1.807, 2.05) is 60.7 Å². The Labute approximate surface area is 142 Å². The fourth-order valence-corrected chi connectivity index (χ4v) is 3.52. The van der Waals surface area contributed by atoms with Gasteiger partial charge in [0, 0.05) is 5.56 Å². The van der Waals surface area contributed by atoms with Crippen molar-refractivity contribution in [3.63, 3.8) is 0 Å². The molecule has 0 aliphatic carbocycles. The molecule has 0 spiro atoms. The molecule has 5 heteroatoms. The molecule has 0 fully saturated rings. The highest BCUT2D eigenvalue weighted by molar-refractivity contribution is 7.22. The second-order valence-corrected chi connectivity index (χ2v) is 6.37. The number of methoxy groups -OCH3 is 1. The Kier molecular flexibility index (Phi) is 3.63. The van der Waals surface area contributed by atoms with Crippen molar-refractivity contribution in [1.29, 1.82) is 0 Å². The van der Waals surface area contributed by atoms with Crippen LogP contribution in [0.3, 0.4) is 0 Å². The van der Waals surface area contributed by atoms with Crippen LogP contribution >= 0.6 is 11.3 Å². The van der Waals surface area contributed by atoms with Crippen LogP contribution in [0.25, 0.3) is 21.0 Å². The van der Waals surface area contributed by atoms with E-state index < -0.39 is 0 Å². The maximum Gasteiger partial charge on any atom is 0.257 e. The number of benzene rings is 3. The number of hydrogen-bond donors (Lipinski definition) is 1. The number of ether oxygens (including phenoxy) is 1. The van der Waals surface area contributed by atoms with Crippen LogP contribution in [-0.2, 0) is 0 Å². The van der Waals surface area contributed by atoms with E-state index in [9.17, 15) is 4.79 Å². The van der Waals surface area contributed by atoms with E-state index in [1.165, 1.54) is 11.3 Å². The molecule has 0 unspecified atom stereocenters. The Morgan fingerprint density at radius 1 is 1.04 bits per heavy atom. The van der Waals surface area contributed by atoms with Gasteiger partial charge in [-0.15, -0.1) is 0 Å². The summed E-state index contributed by atoms with van der Waals surface area (Å²) in [6, 6.07) is 19.4. The van der Waals surface area contributed by atoms with Gasteiger partial charge >= 0.3 is 0 Å². The molecule has 24 heavy (non-hydrogen) atoms. The number of carbonyl (C=O) groups excluding carboxylic acids is 1. The zero-order valence-corrected chi connectivity index (χ0v) is 13.8. The molecule has 0 radical (unpaired) electrons. The van der Waals surface area contributed by atoms with Crippen LogP contribution in [0.4, 0.5) is 5.13 Å². The summed E-state index contributed by atoms with van der Waals surface area (Å²) in [5, 5.41) is 5.59. The smallest absolute Gasteiger partial charge is 0.257 e. The SMILES string of the molecule is COc1cccc2sc(NC(=O)c3ccc4ccccc4c3)nc12. The van der Waals surface area contributed by atoms with Gasteiger partial charge in [-0.05, 0) is 35.0 Å². The molecule has 0 bridgehead atoms. The van der Waals surface area contributed by atoms with Crippen LogP contribution in [0.1, 0.15) is 10.4 Å². The summed E-state index contributed by atoms with van der Waals surface area (Å²) in [7, 11) is 1.61. The van der Waals surface area contributed by atoms with E-state index in [-0.39, 0.29) is 5.91 Å². The Morgan fingerprint density at radius 3 is 2.71 bits per heavy atom. The average Bonchev–Trinajstić information content (AvgIpc) is 3.03. The van der Waals surface area contributed by atoms with E-state index in [0.29, 0.717) is 16.4 Å². The third-order valence-electron chi connectivity index (χ3n) is 3.83. The normalized spacial score (nSPS) is 10.9. The second kappa shape index (κ2) is 5.94. The van der Waals surface area contributed by atoms with Crippen LogP contribution in [0, 0.1) is 0 Å². The summed E-state index contributed by atoms with van der Waals surface area (Å²) in [4.78, 5) is 17.0. The topological polar surface area (TPSA) is 51.2 Å². The van der Waals surface area contributed by atoms with Crippen LogP contribution < -0.4 is 10.1 Å². The van der Waals surface area contributed by atoms with Crippen LogP contribution in [0.2, 0.25) is 0 Å². The minimum Gasteiger partial charge on any atom is -0.494 e.